The van der Waals surface area contributed by atoms with Gasteiger partial charge >= 0.3 is 0 Å². The van der Waals surface area contributed by atoms with E-state index in [4.69, 9.17) is 5.73 Å². The summed E-state index contributed by atoms with van der Waals surface area (Å²) >= 11 is 3.41. The van der Waals surface area contributed by atoms with E-state index >= 15 is 0 Å². The third kappa shape index (κ3) is 13.7. The summed E-state index contributed by atoms with van der Waals surface area (Å²) in [7, 11) is 0. The molecule has 12 aliphatic rings. The fourth-order valence-corrected chi connectivity index (χ4v) is 18.3. The molecule has 0 aliphatic heterocycles. The number of hydrogen-bond acceptors (Lipinski definition) is 3. The minimum Gasteiger partial charge on any atom is -0.325 e. The number of rotatable bonds is 17. The van der Waals surface area contributed by atoms with Crippen LogP contribution in [0.5, 0.6) is 0 Å². The van der Waals surface area contributed by atoms with Gasteiger partial charge in [-0.05, 0) is 262 Å². The van der Waals surface area contributed by atoms with Gasteiger partial charge in [0.25, 0.3) is 0 Å². The molecule has 0 radical (unpaired) electrons. The molecule has 0 heterocycles. The molecule has 0 amide bonds. The first-order valence-electron chi connectivity index (χ1n) is 29.3. The topological polar surface area (TPSA) is 41.3 Å². The predicted octanol–water partition coefficient (Wildman–Crippen LogP) is 15.6. The van der Waals surface area contributed by atoms with Crippen molar-refractivity contribution in [3.05, 3.63) is 144 Å². The first kappa shape index (κ1) is 50.8. The zero-order chi connectivity index (χ0) is 47.6. The summed E-state index contributed by atoms with van der Waals surface area (Å²) in [4.78, 5) is 2.99. The fraction of sp³-hybridized carbons (Fsp3) is 0.636. The molecule has 4 heteroatoms. The van der Waals surface area contributed by atoms with Gasteiger partial charge in [-0.15, -0.1) is 0 Å². The van der Waals surface area contributed by atoms with Crippen molar-refractivity contribution in [2.24, 2.45) is 59.0 Å². The van der Waals surface area contributed by atoms with Crippen LogP contribution in [0, 0.1) is 53.3 Å². The smallest absolute Gasteiger partial charge is 0.0217 e. The number of nitrogens with one attached hydrogen (secondary N) is 1. The number of nitrogens with two attached hydrogens (primary N) is 1. The van der Waals surface area contributed by atoms with Crippen molar-refractivity contribution in [3.63, 3.8) is 0 Å². The number of aryl methyl sites for hydroxylation is 4. The van der Waals surface area contributed by atoms with Crippen LogP contribution in [-0.2, 0) is 25.7 Å². The van der Waals surface area contributed by atoms with Gasteiger partial charge in [0.05, 0.1) is 0 Å². The largest absolute Gasteiger partial charge is 0.325 e. The van der Waals surface area contributed by atoms with Crippen molar-refractivity contribution in [1.82, 2.24) is 10.2 Å². The lowest BCUT2D eigenvalue weighted by atomic mass is 9.52. The molecule has 12 fully saturated rings. The minimum absolute atomic E-state index is 0.300. The Morgan fingerprint density at radius 3 is 1.03 bits per heavy atom. The highest BCUT2D eigenvalue weighted by atomic mass is 79.9. The first-order chi connectivity index (χ1) is 34.3. The van der Waals surface area contributed by atoms with Crippen LogP contribution in [-0.4, -0.2) is 46.5 Å². The van der Waals surface area contributed by atoms with Crippen LogP contribution >= 0.6 is 15.9 Å². The number of hydrogen-bond donors (Lipinski definition) is 2. The van der Waals surface area contributed by atoms with Gasteiger partial charge in [0, 0.05) is 21.9 Å². The van der Waals surface area contributed by atoms with Gasteiger partial charge in [0.15, 0.2) is 0 Å². The Morgan fingerprint density at radius 1 is 0.400 bits per heavy atom. The first-order valence-corrected chi connectivity index (χ1v) is 30.4. The van der Waals surface area contributed by atoms with E-state index in [2.05, 4.69) is 147 Å². The zero-order valence-electron chi connectivity index (χ0n) is 43.4. The van der Waals surface area contributed by atoms with Crippen LogP contribution in [0.15, 0.2) is 121 Å². The van der Waals surface area contributed by atoms with Crippen LogP contribution in [0.25, 0.3) is 0 Å². The number of nitrogens with zero attached hydrogens (tertiary/aromatic N) is 1. The quantitative estimate of drug-likeness (QED) is 0.0818. The third-order valence-electron chi connectivity index (χ3n) is 19.7. The second kappa shape index (κ2) is 24.1. The van der Waals surface area contributed by atoms with Crippen LogP contribution in [0.1, 0.15) is 164 Å². The van der Waals surface area contributed by atoms with E-state index in [0.29, 0.717) is 16.6 Å². The maximum absolute atomic E-state index is 6.32. The molecule has 378 valence electrons. The summed E-state index contributed by atoms with van der Waals surface area (Å²) in [6.07, 6.45) is 36.7. The third-order valence-corrected chi connectivity index (χ3v) is 20.3. The lowest BCUT2D eigenvalue weighted by Gasteiger charge is -2.61. The molecule has 12 bridgehead atoms. The van der Waals surface area contributed by atoms with Crippen LogP contribution in [0.4, 0.5) is 0 Å². The molecule has 4 aromatic rings. The lowest BCUT2D eigenvalue weighted by molar-refractivity contribution is -0.0893. The maximum Gasteiger partial charge on any atom is 0.0217 e. The molecule has 12 saturated carbocycles. The van der Waals surface area contributed by atoms with Gasteiger partial charge in [-0.3, -0.25) is 4.90 Å². The molecule has 3 nitrogen and oxygen atoms in total. The van der Waals surface area contributed by atoms with Crippen molar-refractivity contribution in [2.75, 3.05) is 25.0 Å². The van der Waals surface area contributed by atoms with Crippen molar-refractivity contribution in [2.45, 2.75) is 184 Å². The van der Waals surface area contributed by atoms with Gasteiger partial charge in [-0.25, -0.2) is 0 Å². The molecule has 0 aromatic heterocycles. The minimum atomic E-state index is 0.300. The summed E-state index contributed by atoms with van der Waals surface area (Å²) < 4.78 is 0. The number of halogens is 1. The van der Waals surface area contributed by atoms with E-state index in [1.165, 1.54) is 170 Å². The summed E-state index contributed by atoms with van der Waals surface area (Å²) in [5.41, 5.74) is 13.6. The van der Waals surface area contributed by atoms with E-state index in [1.54, 1.807) is 38.5 Å². The van der Waals surface area contributed by atoms with Gasteiger partial charge in [0.1, 0.15) is 0 Å². The molecular weight excluding hydrogens is 915 g/mol. The Hall–Kier alpha value is -2.76. The number of alkyl halides is 1. The standard InChI is InChI=1S/C28H37N.C19H27N.C10H17N.C9H11Br/c1-3-9-23(10-4-1)13-7-15-29(16-8-14-24-11-5-2-6-12-24)28-20-25-17-26(21-28)19-27(18-25)22-28;1-2-5-15(6-3-1)7-4-8-20-19-12-16-9-17(13-19)11-18(10-16)14-19;11-10-4-7-1-8(5-10)3-9(2-7)6-10;10-8-4-7-9-5-2-1-3-6-9/h1-6,9-12,25-27H,7-8,13-22H2;1-3,5-6,16-18,20H,4,7-14H2;7-9H,1-6,11H2;1-3,5-6H,4,7-8H2. The van der Waals surface area contributed by atoms with Gasteiger partial charge in [-0.2, -0.15) is 0 Å². The SMILES string of the molecule is BrCCCc1ccccc1.NC12CC3CC(CC(C3)C1)C2.c1ccc(CCCN(CCCc2ccccc2)C23CC4CC(CC(C4)C2)C3)cc1.c1ccc(CCCNC23CC4CC(CC(C4)C2)C3)cc1. The van der Waals surface area contributed by atoms with Crippen LogP contribution in [0.3, 0.4) is 0 Å². The summed E-state index contributed by atoms with van der Waals surface area (Å²) in [6.45, 7) is 3.78. The van der Waals surface area contributed by atoms with Crippen molar-refractivity contribution in [3.8, 4) is 0 Å². The highest BCUT2D eigenvalue weighted by Crippen LogP contribution is 2.59. The molecule has 0 saturated heterocycles. The van der Waals surface area contributed by atoms with E-state index < -0.39 is 0 Å². The van der Waals surface area contributed by atoms with Crippen molar-refractivity contribution < 1.29 is 0 Å². The Bertz CT molecular complexity index is 1990. The highest BCUT2D eigenvalue weighted by Gasteiger charge is 2.54. The fourth-order valence-electron chi connectivity index (χ4n) is 18.0. The molecule has 4 aromatic carbocycles. The molecule has 0 spiro atoms. The second-order valence-corrected chi connectivity index (χ2v) is 26.4. The van der Waals surface area contributed by atoms with Crippen molar-refractivity contribution in [1.29, 1.82) is 0 Å². The summed E-state index contributed by atoms with van der Waals surface area (Å²) in [6, 6.07) is 43.7. The summed E-state index contributed by atoms with van der Waals surface area (Å²) in [5.74, 6) is 9.34. The van der Waals surface area contributed by atoms with E-state index in [0.717, 1.165) is 58.6 Å². The van der Waals surface area contributed by atoms with Gasteiger partial charge in [0.2, 0.25) is 0 Å². The Labute approximate surface area is 434 Å². The molecule has 0 atom stereocenters. The average Bonchev–Trinajstić information content (AvgIpc) is 3.35. The van der Waals surface area contributed by atoms with Crippen molar-refractivity contribution >= 4 is 15.9 Å². The monoisotopic (exact) mass is 1010 g/mol. The van der Waals surface area contributed by atoms with Crippen LogP contribution < -0.4 is 11.1 Å². The molecule has 16 rings (SSSR count). The normalized spacial score (nSPS) is 34.3. The molecule has 70 heavy (non-hydrogen) atoms. The Kier molecular flexibility index (Phi) is 17.4. The molecule has 3 N–H and O–H groups in total. The number of benzene rings is 4. The second-order valence-electron chi connectivity index (χ2n) is 25.6. The average molecular weight is 1010 g/mol. The Morgan fingerprint density at radius 2 is 0.700 bits per heavy atom. The van der Waals surface area contributed by atoms with E-state index in [1.807, 2.05) is 0 Å². The van der Waals surface area contributed by atoms with Gasteiger partial charge in [-0.1, -0.05) is 137 Å². The molecule has 12 aliphatic carbocycles. The summed E-state index contributed by atoms with van der Waals surface area (Å²) in [5, 5.41) is 5.10. The Balaban J connectivity index is 0.000000119. The maximum atomic E-state index is 6.32. The lowest BCUT2D eigenvalue weighted by Crippen LogP contribution is -2.60. The van der Waals surface area contributed by atoms with E-state index in [-0.39, 0.29) is 0 Å². The predicted molar refractivity (Wildman–Crippen MR) is 299 cm³/mol. The van der Waals surface area contributed by atoms with Crippen LogP contribution in [0.2, 0.25) is 0 Å². The molecule has 0 unspecified atom stereocenters. The highest BCUT2D eigenvalue weighted by molar-refractivity contribution is 9.09. The van der Waals surface area contributed by atoms with Gasteiger partial charge < -0.3 is 11.1 Å². The van der Waals surface area contributed by atoms with E-state index in [9.17, 15) is 0 Å². The molecular formula is C66H92BrN3. The zero-order valence-corrected chi connectivity index (χ0v) is 44.9.